The summed E-state index contributed by atoms with van der Waals surface area (Å²) in [5, 5.41) is 9.98. The molecule has 2 aromatic carbocycles. The number of carbonyl (C=O) groups is 1. The third-order valence-electron chi connectivity index (χ3n) is 4.66. The molecule has 0 unspecified atom stereocenters. The van der Waals surface area contributed by atoms with E-state index in [0.717, 1.165) is 9.87 Å². The number of benzene rings is 2. The molecular weight excluding hydrogens is 376 g/mol. The minimum absolute atomic E-state index is 0.0174. The number of hydrogen-bond donors (Lipinski definition) is 1. The molecule has 0 bridgehead atoms. The molecule has 0 fully saturated rings. The summed E-state index contributed by atoms with van der Waals surface area (Å²) in [5.74, 6) is -0.739. The van der Waals surface area contributed by atoms with Crippen molar-refractivity contribution in [3.8, 4) is 11.3 Å². The van der Waals surface area contributed by atoms with E-state index >= 15 is 0 Å². The molecule has 1 aromatic heterocycles. The zero-order valence-electron chi connectivity index (χ0n) is 16.2. The highest BCUT2D eigenvalue weighted by Gasteiger charge is 2.20. The molecule has 0 saturated carbocycles. The van der Waals surface area contributed by atoms with Gasteiger partial charge in [0, 0.05) is 25.0 Å². The van der Waals surface area contributed by atoms with E-state index in [2.05, 4.69) is 18.8 Å². The maximum absolute atomic E-state index is 12.4. The fraction of sp³-hybridized carbons (Fsp3) is 0.238. The van der Waals surface area contributed by atoms with E-state index in [1.54, 1.807) is 6.07 Å². The third kappa shape index (κ3) is 3.63. The molecule has 0 aliphatic carbocycles. The topological polar surface area (TPSA) is 87.6 Å². The van der Waals surface area contributed by atoms with Crippen LogP contribution < -0.4 is 0 Å². The fourth-order valence-electron chi connectivity index (χ4n) is 2.94. The smallest absolute Gasteiger partial charge is 0.336 e. The van der Waals surface area contributed by atoms with Crippen LogP contribution in [0.5, 0.6) is 0 Å². The Balaban J connectivity index is 2.20. The molecular formula is C21H22N2O4S. The van der Waals surface area contributed by atoms with Crippen LogP contribution in [0.4, 0.5) is 0 Å². The lowest BCUT2D eigenvalue weighted by Gasteiger charge is -2.13. The Morgan fingerprint density at radius 2 is 1.68 bits per heavy atom. The maximum Gasteiger partial charge on any atom is 0.336 e. The van der Waals surface area contributed by atoms with Gasteiger partial charge in [0.2, 0.25) is 10.0 Å². The Morgan fingerprint density at radius 3 is 2.21 bits per heavy atom. The average Bonchev–Trinajstić information content (AvgIpc) is 2.66. The van der Waals surface area contributed by atoms with E-state index in [4.69, 9.17) is 0 Å². The summed E-state index contributed by atoms with van der Waals surface area (Å²) in [6.07, 6.45) is 0. The zero-order chi connectivity index (χ0) is 20.6. The summed E-state index contributed by atoms with van der Waals surface area (Å²) in [6, 6.07) is 13.7. The van der Waals surface area contributed by atoms with Gasteiger partial charge in [0.05, 0.1) is 21.7 Å². The third-order valence-corrected chi connectivity index (χ3v) is 6.47. The molecule has 3 rings (SSSR count). The first-order valence-electron chi connectivity index (χ1n) is 8.82. The van der Waals surface area contributed by atoms with Crippen molar-refractivity contribution in [2.24, 2.45) is 0 Å². The number of carboxylic acids is 1. The van der Waals surface area contributed by atoms with Crippen LogP contribution in [0.3, 0.4) is 0 Å². The Kier molecular flexibility index (Phi) is 5.23. The van der Waals surface area contributed by atoms with Gasteiger partial charge in [-0.2, -0.15) is 0 Å². The van der Waals surface area contributed by atoms with Crippen LogP contribution >= 0.6 is 0 Å². The highest BCUT2D eigenvalue weighted by atomic mass is 32.2. The summed E-state index contributed by atoms with van der Waals surface area (Å²) in [7, 11) is -0.813. The lowest BCUT2D eigenvalue weighted by molar-refractivity contribution is 0.0699. The van der Waals surface area contributed by atoms with Gasteiger partial charge in [-0.3, -0.25) is 0 Å². The van der Waals surface area contributed by atoms with Crippen molar-refractivity contribution in [2.45, 2.75) is 24.7 Å². The molecule has 0 spiro atoms. The molecule has 7 heteroatoms. The molecule has 1 N–H and O–H groups in total. The second kappa shape index (κ2) is 7.33. The van der Waals surface area contributed by atoms with E-state index in [9.17, 15) is 18.3 Å². The normalized spacial score (nSPS) is 12.1. The molecule has 6 nitrogen and oxygen atoms in total. The number of carboxylic acid groups (broad SMARTS) is 1. The van der Waals surface area contributed by atoms with Crippen molar-refractivity contribution in [2.75, 3.05) is 14.1 Å². The number of hydrogen-bond acceptors (Lipinski definition) is 4. The minimum atomic E-state index is -3.67. The Bertz CT molecular complexity index is 1150. The number of pyridine rings is 1. The van der Waals surface area contributed by atoms with Crippen molar-refractivity contribution < 1.29 is 18.3 Å². The van der Waals surface area contributed by atoms with Crippen LogP contribution in [0.2, 0.25) is 0 Å². The number of rotatable bonds is 5. The first-order chi connectivity index (χ1) is 13.1. The standard InChI is InChI=1S/C21H22N2O4S/c1-13(2)14-5-7-15(8-6-14)20-12-18(21(24)25)17-11-16(9-10-19(17)22-20)28(26,27)23(3)4/h5-13H,1-4H3,(H,24,25). The lowest BCUT2D eigenvalue weighted by Crippen LogP contribution is -2.22. The highest BCUT2D eigenvalue weighted by Crippen LogP contribution is 2.28. The lowest BCUT2D eigenvalue weighted by atomic mass is 9.99. The van der Waals surface area contributed by atoms with Crippen molar-refractivity contribution in [3.63, 3.8) is 0 Å². The van der Waals surface area contributed by atoms with Crippen LogP contribution in [0.1, 0.15) is 35.7 Å². The number of sulfonamides is 1. The van der Waals surface area contributed by atoms with Crippen LogP contribution in [0, 0.1) is 0 Å². The molecule has 28 heavy (non-hydrogen) atoms. The van der Waals surface area contributed by atoms with E-state index in [0.29, 0.717) is 17.1 Å². The van der Waals surface area contributed by atoms with Crippen LogP contribution in [-0.4, -0.2) is 42.9 Å². The van der Waals surface area contributed by atoms with Crippen LogP contribution in [0.25, 0.3) is 22.2 Å². The molecule has 0 radical (unpaired) electrons. The highest BCUT2D eigenvalue weighted by molar-refractivity contribution is 7.89. The summed E-state index contributed by atoms with van der Waals surface area (Å²) in [6.45, 7) is 4.20. The van der Waals surface area contributed by atoms with Crippen molar-refractivity contribution in [1.82, 2.24) is 9.29 Å². The number of fused-ring (bicyclic) bond motifs is 1. The van der Waals surface area contributed by atoms with Gasteiger partial charge in [-0.25, -0.2) is 22.5 Å². The quantitative estimate of drug-likeness (QED) is 0.702. The van der Waals surface area contributed by atoms with Crippen LogP contribution in [-0.2, 0) is 10.0 Å². The van der Waals surface area contributed by atoms with E-state index in [1.807, 2.05) is 24.3 Å². The van der Waals surface area contributed by atoms with Gasteiger partial charge in [0.15, 0.2) is 0 Å². The van der Waals surface area contributed by atoms with Crippen molar-refractivity contribution in [1.29, 1.82) is 0 Å². The van der Waals surface area contributed by atoms with Gasteiger partial charge in [-0.1, -0.05) is 38.1 Å². The van der Waals surface area contributed by atoms with Crippen molar-refractivity contribution >= 4 is 26.9 Å². The van der Waals surface area contributed by atoms with Gasteiger partial charge in [0.25, 0.3) is 0 Å². The number of nitrogens with zero attached hydrogens (tertiary/aromatic N) is 2. The molecule has 0 atom stereocenters. The van der Waals surface area contributed by atoms with Gasteiger partial charge in [0.1, 0.15) is 0 Å². The van der Waals surface area contributed by atoms with Gasteiger partial charge in [-0.15, -0.1) is 0 Å². The predicted molar refractivity (Wildman–Crippen MR) is 109 cm³/mol. The Labute approximate surface area is 164 Å². The van der Waals surface area contributed by atoms with Gasteiger partial charge in [-0.05, 0) is 35.7 Å². The Morgan fingerprint density at radius 1 is 1.04 bits per heavy atom. The first kappa shape index (κ1) is 20.0. The summed E-state index contributed by atoms with van der Waals surface area (Å²) < 4.78 is 25.9. The largest absolute Gasteiger partial charge is 0.478 e. The van der Waals surface area contributed by atoms with E-state index in [-0.39, 0.29) is 15.8 Å². The summed E-state index contributed by atoms with van der Waals surface area (Å²) in [4.78, 5) is 16.4. The van der Waals surface area contributed by atoms with Crippen molar-refractivity contribution in [3.05, 3.63) is 59.7 Å². The summed E-state index contributed by atoms with van der Waals surface area (Å²) >= 11 is 0. The minimum Gasteiger partial charge on any atom is -0.478 e. The zero-order valence-corrected chi connectivity index (χ0v) is 17.0. The fourth-order valence-corrected chi connectivity index (χ4v) is 3.87. The van der Waals surface area contributed by atoms with E-state index < -0.39 is 16.0 Å². The first-order valence-corrected chi connectivity index (χ1v) is 10.3. The second-order valence-corrected chi connectivity index (χ2v) is 9.26. The number of aromatic carboxylic acids is 1. The molecule has 0 aliphatic heterocycles. The molecule has 3 aromatic rings. The molecule has 146 valence electrons. The van der Waals surface area contributed by atoms with Crippen LogP contribution in [0.15, 0.2) is 53.4 Å². The van der Waals surface area contributed by atoms with E-state index in [1.165, 1.54) is 37.9 Å². The molecule has 0 amide bonds. The van der Waals surface area contributed by atoms with Gasteiger partial charge >= 0.3 is 5.97 Å². The molecule has 1 heterocycles. The SMILES string of the molecule is CC(C)c1ccc(-c2cc(C(=O)O)c3cc(S(=O)(=O)N(C)C)ccc3n2)cc1. The number of aromatic nitrogens is 1. The Hall–Kier alpha value is -2.77. The predicted octanol–water partition coefficient (Wildman–Crippen LogP) is 3.97. The second-order valence-electron chi connectivity index (χ2n) is 7.10. The van der Waals surface area contributed by atoms with Gasteiger partial charge < -0.3 is 5.11 Å². The summed E-state index contributed by atoms with van der Waals surface area (Å²) in [5.41, 5.74) is 2.97. The average molecular weight is 398 g/mol. The maximum atomic E-state index is 12.4. The monoisotopic (exact) mass is 398 g/mol. The molecule has 0 aliphatic rings. The molecule has 0 saturated heterocycles.